The molecule has 1 aliphatic heterocycles. The Morgan fingerprint density at radius 3 is 2.07 bits per heavy atom. The van der Waals surface area contributed by atoms with Gasteiger partial charge in [0.15, 0.2) is 23.3 Å². The van der Waals surface area contributed by atoms with Crippen molar-refractivity contribution in [2.45, 2.75) is 13.1 Å². The Bertz CT molecular complexity index is 2020. The van der Waals surface area contributed by atoms with Crippen LogP contribution in [0.15, 0.2) is 108 Å². The van der Waals surface area contributed by atoms with Gasteiger partial charge in [0, 0.05) is 48.3 Å². The summed E-state index contributed by atoms with van der Waals surface area (Å²) in [6.07, 6.45) is 5.50. The Morgan fingerprint density at radius 1 is 0.800 bits per heavy atom. The number of halogens is 4. The highest BCUT2D eigenvalue weighted by Gasteiger charge is 2.43. The zero-order chi connectivity index (χ0) is 32.2. The van der Waals surface area contributed by atoms with Crippen molar-refractivity contribution in [1.29, 1.82) is 0 Å². The average Bonchev–Trinajstić information content (AvgIpc) is 3.05. The summed E-state index contributed by atoms with van der Waals surface area (Å²) in [7, 11) is 1.15. The van der Waals surface area contributed by atoms with Crippen molar-refractivity contribution in [3.8, 4) is 0 Å². The zero-order valence-electron chi connectivity index (χ0n) is 25.0. The summed E-state index contributed by atoms with van der Waals surface area (Å²) in [5.74, 6) is -9.84. The molecule has 0 atom stereocenters. The predicted molar refractivity (Wildman–Crippen MR) is 172 cm³/mol. The highest BCUT2D eigenvalue weighted by molar-refractivity contribution is 6.98. The molecule has 0 aromatic heterocycles. The minimum Gasteiger partial charge on any atom is -0.478 e. The maximum Gasteiger partial charge on any atom is 0.339 e. The summed E-state index contributed by atoms with van der Waals surface area (Å²) in [6.45, 7) is 4.25. The molecule has 4 nitrogen and oxygen atoms in total. The number of hydrogen-bond acceptors (Lipinski definition) is 2. The summed E-state index contributed by atoms with van der Waals surface area (Å²) >= 11 is 0. The van der Waals surface area contributed by atoms with E-state index in [0.29, 0.717) is 11.1 Å². The van der Waals surface area contributed by atoms with E-state index in [0.717, 1.165) is 33.2 Å². The van der Waals surface area contributed by atoms with Gasteiger partial charge in [0.1, 0.15) is 20.7 Å². The first-order valence-corrected chi connectivity index (χ1v) is 17.3. The summed E-state index contributed by atoms with van der Waals surface area (Å²) in [6, 6.07) is 24.8. The van der Waals surface area contributed by atoms with E-state index in [1.807, 2.05) is 96.4 Å². The van der Waals surface area contributed by atoms with Crippen molar-refractivity contribution < 1.29 is 32.0 Å². The van der Waals surface area contributed by atoms with E-state index in [1.54, 1.807) is 24.3 Å². The quantitative estimate of drug-likeness (QED) is 0.0807. The molecule has 1 aliphatic carbocycles. The molecular weight excluding hydrogens is 596 g/mol. The van der Waals surface area contributed by atoms with Crippen molar-refractivity contribution in [2.24, 2.45) is 0 Å². The fourth-order valence-electron chi connectivity index (χ4n) is 6.18. The Morgan fingerprint density at radius 2 is 1.42 bits per heavy atom. The first-order chi connectivity index (χ1) is 21.4. The average molecular weight is 626 g/mol. The van der Waals surface area contributed by atoms with Crippen molar-refractivity contribution >= 4 is 47.6 Å². The Balaban J connectivity index is 1.69. The Kier molecular flexibility index (Phi) is 7.44. The van der Waals surface area contributed by atoms with Crippen LogP contribution in [0.1, 0.15) is 21.5 Å². The molecule has 9 heteroatoms. The molecule has 1 heterocycles. The number of anilines is 2. The van der Waals surface area contributed by atoms with Gasteiger partial charge in [0.05, 0.1) is 0 Å². The van der Waals surface area contributed by atoms with Crippen LogP contribution in [0, 0.1) is 23.3 Å². The highest BCUT2D eigenvalue weighted by Crippen LogP contribution is 2.45. The van der Waals surface area contributed by atoms with Crippen LogP contribution in [-0.4, -0.2) is 43.5 Å². The third-order valence-electron chi connectivity index (χ3n) is 8.68. The molecule has 0 radical (unpaired) electrons. The number of para-hydroxylation sites is 2. The van der Waals surface area contributed by atoms with Crippen LogP contribution in [-0.2, 0) is 0 Å². The highest BCUT2D eigenvalue weighted by atomic mass is 28.3. The number of hydrogen-bond donors (Lipinski definition) is 1. The number of rotatable bonds is 5. The molecule has 226 valence electrons. The Hall–Kier alpha value is -5.02. The third kappa shape index (κ3) is 4.84. The molecule has 0 saturated heterocycles. The normalized spacial score (nSPS) is 16.1. The van der Waals surface area contributed by atoms with E-state index in [2.05, 4.69) is 13.1 Å². The lowest BCUT2D eigenvalue weighted by atomic mass is 9.86. The number of carbonyl (C=O) groups is 1. The lowest BCUT2D eigenvalue weighted by Gasteiger charge is -2.38. The summed E-state index contributed by atoms with van der Waals surface area (Å²) < 4.78 is 62.2. The molecule has 45 heavy (non-hydrogen) atoms. The number of nitrogens with zero attached hydrogens (tertiary/aromatic N) is 2. The van der Waals surface area contributed by atoms with Crippen LogP contribution in [0.3, 0.4) is 0 Å². The molecule has 1 N–H and O–H groups in total. The molecule has 4 aromatic rings. The van der Waals surface area contributed by atoms with Crippen LogP contribution >= 0.6 is 0 Å². The van der Waals surface area contributed by atoms with Crippen molar-refractivity contribution in [2.75, 3.05) is 19.0 Å². The molecule has 0 fully saturated rings. The molecule has 0 saturated carbocycles. The number of allylic oxidation sites excluding steroid dienone is 5. The van der Waals surface area contributed by atoms with E-state index in [1.165, 1.54) is 0 Å². The van der Waals surface area contributed by atoms with E-state index >= 15 is 8.78 Å². The van der Waals surface area contributed by atoms with Crippen molar-refractivity contribution in [3.63, 3.8) is 0 Å². The van der Waals surface area contributed by atoms with Crippen LogP contribution < -0.4 is 10.1 Å². The molecule has 6 rings (SSSR count). The molecule has 0 spiro atoms. The maximum atomic E-state index is 15.8. The first kappa shape index (κ1) is 30.0. The van der Waals surface area contributed by atoms with Gasteiger partial charge >= 0.3 is 5.97 Å². The summed E-state index contributed by atoms with van der Waals surface area (Å²) in [5.41, 5.74) is 2.29. The van der Waals surface area contributed by atoms with Crippen molar-refractivity contribution in [3.05, 3.63) is 148 Å². The van der Waals surface area contributed by atoms with Crippen LogP contribution in [0.2, 0.25) is 13.1 Å². The van der Waals surface area contributed by atoms with Gasteiger partial charge in [-0.3, -0.25) is 0 Å². The third-order valence-corrected chi connectivity index (χ3v) is 12.2. The van der Waals surface area contributed by atoms with Crippen LogP contribution in [0.5, 0.6) is 0 Å². The number of carboxylic acids is 1. The monoisotopic (exact) mass is 625 g/mol. The van der Waals surface area contributed by atoms with E-state index in [4.69, 9.17) is 0 Å². The fourth-order valence-corrected chi connectivity index (χ4v) is 9.25. The number of aromatic carboxylic acids is 1. The van der Waals surface area contributed by atoms with E-state index < -0.39 is 48.4 Å². The van der Waals surface area contributed by atoms with Gasteiger partial charge < -0.3 is 10.0 Å². The second-order valence-corrected chi connectivity index (χ2v) is 15.9. The molecule has 2 aliphatic rings. The van der Waals surface area contributed by atoms with Gasteiger partial charge in [-0.1, -0.05) is 55.6 Å². The molecule has 0 bridgehead atoms. The van der Waals surface area contributed by atoms with Gasteiger partial charge in [-0.15, -0.1) is 0 Å². The number of fused-ring (bicyclic) bond motifs is 2. The predicted octanol–water partition coefficient (Wildman–Crippen LogP) is 7.89. The van der Waals surface area contributed by atoms with Gasteiger partial charge in [-0.05, 0) is 57.4 Å². The first-order valence-electron chi connectivity index (χ1n) is 14.3. The SMILES string of the molecule is CN(c1ccccc1)c1ccc2c(c1)[Si](C)(C)C1=CC(=[N+](C)c3ccccc3)C=CC1=C2c1c(F)c(F)c(F)c(F)c1C(=O)O. The summed E-state index contributed by atoms with van der Waals surface area (Å²) in [4.78, 5) is 14.3. The second kappa shape index (κ2) is 11.2. The van der Waals surface area contributed by atoms with Crippen molar-refractivity contribution in [1.82, 2.24) is 0 Å². The van der Waals surface area contributed by atoms with E-state index in [-0.39, 0.29) is 5.57 Å². The zero-order valence-corrected chi connectivity index (χ0v) is 26.0. The van der Waals surface area contributed by atoms with Crippen LogP contribution in [0.4, 0.5) is 34.6 Å². The standard InChI is InChI=1S/C36H28F4N2O2Si/c1-41(21-11-7-5-8-12-21)23-15-17-25-27(19-23)45(3,4)28-20-24(42(2)22-13-9-6-10-14-22)16-18-26(28)29(25)30-31(36(43)44)33(38)35(40)34(39)32(30)37/h5-20H,1-4H3/p+1. The molecule has 0 unspecified atom stereocenters. The Labute approximate surface area is 259 Å². The largest absolute Gasteiger partial charge is 0.478 e. The second-order valence-electron chi connectivity index (χ2n) is 11.6. The molecule has 4 aromatic carbocycles. The lowest BCUT2D eigenvalue weighted by molar-refractivity contribution is -0.403. The van der Waals surface area contributed by atoms with Crippen LogP contribution in [0.25, 0.3) is 5.57 Å². The number of benzene rings is 4. The smallest absolute Gasteiger partial charge is 0.339 e. The maximum absolute atomic E-state index is 15.8. The van der Waals surface area contributed by atoms with E-state index in [9.17, 15) is 18.7 Å². The van der Waals surface area contributed by atoms with Gasteiger partial charge in [-0.2, -0.15) is 4.58 Å². The minimum absolute atomic E-state index is 0.00218. The molecule has 0 amide bonds. The van der Waals surface area contributed by atoms with Gasteiger partial charge in [0.25, 0.3) is 0 Å². The number of carboxylic acid groups (broad SMARTS) is 1. The van der Waals surface area contributed by atoms with Gasteiger partial charge in [0.2, 0.25) is 11.4 Å². The minimum atomic E-state index is -2.67. The van der Waals surface area contributed by atoms with Gasteiger partial charge in [-0.25, -0.2) is 22.4 Å². The topological polar surface area (TPSA) is 43.5 Å². The fraction of sp³-hybridized carbons (Fsp3) is 0.111. The summed E-state index contributed by atoms with van der Waals surface area (Å²) in [5, 5.41) is 11.6. The molecular formula is C36H29F4N2O2Si+. The lowest BCUT2D eigenvalue weighted by Crippen LogP contribution is -2.50.